The van der Waals surface area contributed by atoms with Crippen LogP contribution in [0.5, 0.6) is 5.75 Å². The van der Waals surface area contributed by atoms with Crippen LogP contribution in [0.2, 0.25) is 0 Å². The van der Waals surface area contributed by atoms with Crippen LogP contribution in [0.3, 0.4) is 0 Å². The number of hydrogen-bond acceptors (Lipinski definition) is 5. The molecule has 0 bridgehead atoms. The van der Waals surface area contributed by atoms with Crippen LogP contribution in [0.4, 0.5) is 13.2 Å². The molecule has 1 aromatic heterocycles. The van der Waals surface area contributed by atoms with E-state index in [0.717, 1.165) is 17.7 Å². The zero-order valence-electron chi connectivity index (χ0n) is 17.8. The van der Waals surface area contributed by atoms with Crippen molar-refractivity contribution in [1.82, 2.24) is 4.98 Å². The van der Waals surface area contributed by atoms with Gasteiger partial charge in [-0.15, -0.1) is 0 Å². The van der Waals surface area contributed by atoms with Gasteiger partial charge in [-0.1, -0.05) is 12.1 Å². The van der Waals surface area contributed by atoms with E-state index in [1.54, 1.807) is 45.0 Å². The maximum Gasteiger partial charge on any atom is 0.416 e. The third kappa shape index (κ3) is 5.78. The minimum Gasteiger partial charge on any atom is -0.487 e. The Kier molecular flexibility index (Phi) is 7.02. The van der Waals surface area contributed by atoms with Gasteiger partial charge in [0, 0.05) is 11.1 Å². The van der Waals surface area contributed by atoms with Crippen molar-refractivity contribution in [2.75, 3.05) is 6.61 Å². The molecule has 0 aliphatic carbocycles. The standard InChI is InChI=1S/C24H22F3NO4/c1-4-30-23(29)15(2)12-17-6-5-7-20(13-17)31-14-21-16(3)32-22(28-21)18-8-10-19(11-9-18)24(25,26)27/h5-13H,4,14H2,1-3H3. The summed E-state index contributed by atoms with van der Waals surface area (Å²) in [6, 6.07) is 11.8. The number of carbonyl (C=O) groups is 1. The van der Waals surface area contributed by atoms with Crippen molar-refractivity contribution in [1.29, 1.82) is 0 Å². The molecule has 2 aromatic carbocycles. The Labute approximate surface area is 183 Å². The van der Waals surface area contributed by atoms with Crippen molar-refractivity contribution in [2.45, 2.75) is 33.6 Å². The SMILES string of the molecule is CCOC(=O)C(C)=Cc1cccc(OCc2nc(-c3ccc(C(F)(F)F)cc3)oc2C)c1. The van der Waals surface area contributed by atoms with E-state index in [1.807, 2.05) is 6.07 Å². The Morgan fingerprint density at radius 3 is 2.53 bits per heavy atom. The highest BCUT2D eigenvalue weighted by Crippen LogP contribution is 2.31. The Morgan fingerprint density at radius 1 is 1.16 bits per heavy atom. The molecule has 3 rings (SSSR count). The Balaban J connectivity index is 1.70. The molecule has 0 saturated carbocycles. The highest BCUT2D eigenvalue weighted by atomic mass is 19.4. The predicted octanol–water partition coefficient (Wildman–Crippen LogP) is 6.21. The van der Waals surface area contributed by atoms with Gasteiger partial charge in [-0.3, -0.25) is 0 Å². The first-order valence-electron chi connectivity index (χ1n) is 9.89. The molecular weight excluding hydrogens is 423 g/mol. The van der Waals surface area contributed by atoms with E-state index in [0.29, 0.717) is 34.9 Å². The number of benzene rings is 2. The summed E-state index contributed by atoms with van der Waals surface area (Å²) in [5.74, 6) is 0.910. The van der Waals surface area contributed by atoms with Crippen molar-refractivity contribution in [3.05, 3.63) is 76.7 Å². The molecule has 8 heteroatoms. The van der Waals surface area contributed by atoms with Crippen LogP contribution >= 0.6 is 0 Å². The third-order valence-electron chi connectivity index (χ3n) is 4.57. The smallest absolute Gasteiger partial charge is 0.416 e. The second-order valence-corrected chi connectivity index (χ2v) is 7.01. The number of alkyl halides is 3. The average molecular weight is 445 g/mol. The van der Waals surface area contributed by atoms with Crippen LogP contribution in [0, 0.1) is 6.92 Å². The molecule has 0 N–H and O–H groups in total. The summed E-state index contributed by atoms with van der Waals surface area (Å²) in [6.45, 7) is 5.54. The highest BCUT2D eigenvalue weighted by molar-refractivity contribution is 5.93. The minimum atomic E-state index is -4.40. The molecule has 168 valence electrons. The minimum absolute atomic E-state index is 0.111. The third-order valence-corrected chi connectivity index (χ3v) is 4.57. The molecule has 0 atom stereocenters. The summed E-state index contributed by atoms with van der Waals surface area (Å²) in [5, 5.41) is 0. The summed E-state index contributed by atoms with van der Waals surface area (Å²) >= 11 is 0. The number of halogens is 3. The lowest BCUT2D eigenvalue weighted by molar-refractivity contribution is -0.138. The summed E-state index contributed by atoms with van der Waals surface area (Å²) < 4.78 is 54.6. The zero-order chi connectivity index (χ0) is 23.3. The van der Waals surface area contributed by atoms with Crippen molar-refractivity contribution in [3.8, 4) is 17.2 Å². The second-order valence-electron chi connectivity index (χ2n) is 7.01. The number of aromatic nitrogens is 1. The van der Waals surface area contributed by atoms with Crippen LogP contribution in [0.1, 0.15) is 36.4 Å². The zero-order valence-corrected chi connectivity index (χ0v) is 17.8. The number of oxazole rings is 1. The van der Waals surface area contributed by atoms with Crippen LogP contribution in [-0.4, -0.2) is 17.6 Å². The van der Waals surface area contributed by atoms with Gasteiger partial charge in [0.2, 0.25) is 5.89 Å². The molecule has 1 heterocycles. The Bertz CT molecular complexity index is 1120. The lowest BCUT2D eigenvalue weighted by Gasteiger charge is -2.06. The van der Waals surface area contributed by atoms with Gasteiger partial charge in [0.05, 0.1) is 12.2 Å². The van der Waals surface area contributed by atoms with Crippen molar-refractivity contribution >= 4 is 12.0 Å². The fourth-order valence-corrected chi connectivity index (χ4v) is 2.89. The number of nitrogens with zero attached hydrogens (tertiary/aromatic N) is 1. The molecule has 0 spiro atoms. The van der Waals surface area contributed by atoms with Crippen LogP contribution in [0.15, 0.2) is 58.5 Å². The number of ether oxygens (including phenoxy) is 2. The first-order valence-corrected chi connectivity index (χ1v) is 9.89. The maximum absolute atomic E-state index is 12.7. The molecule has 0 aliphatic rings. The van der Waals surface area contributed by atoms with Gasteiger partial charge < -0.3 is 13.9 Å². The summed E-state index contributed by atoms with van der Waals surface area (Å²) in [6.07, 6.45) is -2.70. The van der Waals surface area contributed by atoms with Gasteiger partial charge in [0.15, 0.2) is 0 Å². The summed E-state index contributed by atoms with van der Waals surface area (Å²) in [7, 11) is 0. The molecule has 0 unspecified atom stereocenters. The quantitative estimate of drug-likeness (QED) is 0.319. The van der Waals surface area contributed by atoms with E-state index in [4.69, 9.17) is 13.9 Å². The van der Waals surface area contributed by atoms with Crippen LogP contribution in [0.25, 0.3) is 17.5 Å². The molecule has 0 aliphatic heterocycles. The predicted molar refractivity (Wildman–Crippen MR) is 113 cm³/mol. The Morgan fingerprint density at radius 2 is 1.88 bits per heavy atom. The van der Waals surface area contributed by atoms with Gasteiger partial charge in [-0.25, -0.2) is 9.78 Å². The molecule has 5 nitrogen and oxygen atoms in total. The normalized spacial score (nSPS) is 12.0. The van der Waals surface area contributed by atoms with Gasteiger partial charge in [-0.05, 0) is 68.8 Å². The molecular formula is C24H22F3NO4. The number of esters is 1. The largest absolute Gasteiger partial charge is 0.487 e. The molecule has 3 aromatic rings. The van der Waals surface area contributed by atoms with Gasteiger partial charge in [0.25, 0.3) is 0 Å². The first-order chi connectivity index (χ1) is 15.2. The van der Waals surface area contributed by atoms with Gasteiger partial charge in [0.1, 0.15) is 23.8 Å². The Hall–Kier alpha value is -3.55. The number of carbonyl (C=O) groups excluding carboxylic acids is 1. The van der Waals surface area contributed by atoms with E-state index in [2.05, 4.69) is 4.98 Å². The van der Waals surface area contributed by atoms with Gasteiger partial charge >= 0.3 is 12.1 Å². The molecule has 32 heavy (non-hydrogen) atoms. The molecule has 0 fully saturated rings. The topological polar surface area (TPSA) is 61.6 Å². The average Bonchev–Trinajstić information content (AvgIpc) is 3.13. The first kappa shape index (κ1) is 23.1. The number of rotatable bonds is 7. The lowest BCUT2D eigenvalue weighted by Crippen LogP contribution is -2.04. The van der Waals surface area contributed by atoms with E-state index >= 15 is 0 Å². The van der Waals surface area contributed by atoms with E-state index in [-0.39, 0.29) is 18.5 Å². The summed E-state index contributed by atoms with van der Waals surface area (Å²) in [4.78, 5) is 16.1. The van der Waals surface area contributed by atoms with Crippen LogP contribution in [-0.2, 0) is 22.3 Å². The lowest BCUT2D eigenvalue weighted by atomic mass is 10.1. The van der Waals surface area contributed by atoms with E-state index in [9.17, 15) is 18.0 Å². The molecule has 0 radical (unpaired) electrons. The fourth-order valence-electron chi connectivity index (χ4n) is 2.89. The van der Waals surface area contributed by atoms with Crippen molar-refractivity contribution in [3.63, 3.8) is 0 Å². The second kappa shape index (κ2) is 9.72. The monoisotopic (exact) mass is 445 g/mol. The number of hydrogen-bond donors (Lipinski definition) is 0. The number of aryl methyl sites for hydroxylation is 1. The summed E-state index contributed by atoms with van der Waals surface area (Å²) in [5.41, 5.74) is 1.48. The van der Waals surface area contributed by atoms with Crippen LogP contribution < -0.4 is 4.74 Å². The van der Waals surface area contributed by atoms with E-state index in [1.165, 1.54) is 12.1 Å². The fraction of sp³-hybridized carbons (Fsp3) is 0.250. The van der Waals surface area contributed by atoms with Crippen molar-refractivity contribution < 1.29 is 31.9 Å². The molecule has 0 amide bonds. The van der Waals surface area contributed by atoms with Crippen molar-refractivity contribution in [2.24, 2.45) is 0 Å². The van der Waals surface area contributed by atoms with Gasteiger partial charge in [-0.2, -0.15) is 13.2 Å². The maximum atomic E-state index is 12.7. The molecule has 0 saturated heterocycles. The van der Waals surface area contributed by atoms with E-state index < -0.39 is 11.7 Å². The highest BCUT2D eigenvalue weighted by Gasteiger charge is 2.30.